The predicted octanol–water partition coefficient (Wildman–Crippen LogP) is 3.68. The molecule has 4 nitrogen and oxygen atoms in total. The van der Waals surface area contributed by atoms with Crippen LogP contribution in [0, 0.1) is 24.2 Å². The van der Waals surface area contributed by atoms with Gasteiger partial charge in [-0.25, -0.2) is 0 Å². The molecule has 1 atom stereocenters. The molecule has 3 rings (SSSR count). The number of aryl methyl sites for hydroxylation is 1. The van der Waals surface area contributed by atoms with Crippen molar-refractivity contribution in [2.45, 2.75) is 6.92 Å². The van der Waals surface area contributed by atoms with Crippen molar-refractivity contribution in [1.82, 2.24) is 4.98 Å². The molecule has 0 saturated carbocycles. The van der Waals surface area contributed by atoms with Gasteiger partial charge in [-0.15, -0.1) is 0 Å². The number of aromatic amines is 1. The van der Waals surface area contributed by atoms with E-state index in [9.17, 15) is 14.9 Å². The van der Waals surface area contributed by atoms with Crippen LogP contribution in [0.1, 0.15) is 26.4 Å². The number of hydrogen-bond acceptors (Lipinski definition) is 3. The van der Waals surface area contributed by atoms with E-state index < -0.39 is 17.5 Å². The molecule has 0 aliphatic carbocycles. The number of carbonyl (C=O) groups excluding carboxylic acids is 2. The van der Waals surface area contributed by atoms with E-state index in [1.165, 1.54) is 0 Å². The second-order valence-corrected chi connectivity index (χ2v) is 5.33. The highest BCUT2D eigenvalue weighted by Gasteiger charge is 2.31. The van der Waals surface area contributed by atoms with Crippen LogP contribution in [0.2, 0.25) is 0 Å². The molecule has 0 fully saturated rings. The van der Waals surface area contributed by atoms with Gasteiger partial charge in [-0.2, -0.15) is 5.26 Å². The van der Waals surface area contributed by atoms with E-state index in [1.807, 2.05) is 30.3 Å². The molecule has 0 bridgehead atoms. The summed E-state index contributed by atoms with van der Waals surface area (Å²) in [4.78, 5) is 28.5. The molecule has 2 aromatic carbocycles. The first-order valence-corrected chi connectivity index (χ1v) is 7.24. The van der Waals surface area contributed by atoms with E-state index in [0.717, 1.165) is 10.9 Å². The van der Waals surface area contributed by atoms with Gasteiger partial charge in [0.1, 0.15) is 0 Å². The average Bonchev–Trinajstić information content (AvgIpc) is 2.91. The van der Waals surface area contributed by atoms with Crippen molar-refractivity contribution >= 4 is 22.5 Å². The van der Waals surface area contributed by atoms with Crippen LogP contribution in [0.4, 0.5) is 0 Å². The predicted molar refractivity (Wildman–Crippen MR) is 87.2 cm³/mol. The van der Waals surface area contributed by atoms with Crippen LogP contribution < -0.4 is 0 Å². The van der Waals surface area contributed by atoms with E-state index in [1.54, 1.807) is 37.3 Å². The number of rotatable bonds is 4. The summed E-state index contributed by atoms with van der Waals surface area (Å²) in [7, 11) is 0. The molecule has 0 spiro atoms. The third-order valence-corrected chi connectivity index (χ3v) is 3.85. The van der Waals surface area contributed by atoms with Gasteiger partial charge < -0.3 is 4.98 Å². The van der Waals surface area contributed by atoms with E-state index in [0.29, 0.717) is 16.8 Å². The maximum Gasteiger partial charge on any atom is 0.190 e. The summed E-state index contributed by atoms with van der Waals surface area (Å²) >= 11 is 0. The van der Waals surface area contributed by atoms with Gasteiger partial charge in [-0.1, -0.05) is 48.5 Å². The Labute approximate surface area is 133 Å². The van der Waals surface area contributed by atoms with Crippen LogP contribution >= 0.6 is 0 Å². The molecule has 0 amide bonds. The Morgan fingerprint density at radius 2 is 1.65 bits per heavy atom. The first kappa shape index (κ1) is 14.7. The molecule has 1 heterocycles. The average molecular weight is 302 g/mol. The van der Waals surface area contributed by atoms with E-state index in [2.05, 4.69) is 4.98 Å². The van der Waals surface area contributed by atoms with Crippen molar-refractivity contribution in [3.05, 3.63) is 71.4 Å². The number of fused-ring (bicyclic) bond motifs is 1. The Morgan fingerprint density at radius 1 is 1.00 bits per heavy atom. The zero-order valence-electron chi connectivity index (χ0n) is 12.5. The minimum absolute atomic E-state index is 0.366. The third kappa shape index (κ3) is 2.53. The quantitative estimate of drug-likeness (QED) is 0.590. The molecule has 4 heteroatoms. The van der Waals surface area contributed by atoms with Gasteiger partial charge in [0.25, 0.3) is 0 Å². The standard InChI is InChI=1S/C19H14N2O2/c1-12-17(14-9-5-6-10-16(14)21-12)19(23)15(11-20)18(22)13-7-3-2-4-8-13/h2-10,15,21H,1H3/t15-/m1/s1. The topological polar surface area (TPSA) is 73.7 Å². The Kier molecular flexibility index (Phi) is 3.78. The highest BCUT2D eigenvalue weighted by molar-refractivity contribution is 6.22. The summed E-state index contributed by atoms with van der Waals surface area (Å²) < 4.78 is 0. The summed E-state index contributed by atoms with van der Waals surface area (Å²) in [5.41, 5.74) is 2.26. The molecule has 0 saturated heterocycles. The van der Waals surface area contributed by atoms with Crippen LogP contribution in [0.25, 0.3) is 10.9 Å². The lowest BCUT2D eigenvalue weighted by atomic mass is 9.90. The highest BCUT2D eigenvalue weighted by Crippen LogP contribution is 2.25. The molecular formula is C19H14N2O2. The minimum Gasteiger partial charge on any atom is -0.358 e. The third-order valence-electron chi connectivity index (χ3n) is 3.85. The number of H-pyrrole nitrogens is 1. The first-order chi connectivity index (χ1) is 11.1. The van der Waals surface area contributed by atoms with Gasteiger partial charge in [0.05, 0.1) is 6.07 Å². The number of aromatic nitrogens is 1. The van der Waals surface area contributed by atoms with Crippen molar-refractivity contribution in [3.63, 3.8) is 0 Å². The van der Waals surface area contributed by atoms with Gasteiger partial charge in [0.2, 0.25) is 0 Å². The molecule has 0 radical (unpaired) electrons. The Balaban J connectivity index is 2.05. The molecule has 112 valence electrons. The molecule has 1 aromatic heterocycles. The number of Topliss-reactive ketones (excluding diaryl/α,β-unsaturated/α-hetero) is 2. The number of hydrogen-bond donors (Lipinski definition) is 1. The first-order valence-electron chi connectivity index (χ1n) is 7.24. The molecule has 3 aromatic rings. The lowest BCUT2D eigenvalue weighted by Crippen LogP contribution is -2.23. The summed E-state index contributed by atoms with van der Waals surface area (Å²) in [6, 6.07) is 17.7. The second kappa shape index (κ2) is 5.90. The van der Waals surface area contributed by atoms with Gasteiger partial charge in [-0.05, 0) is 13.0 Å². The van der Waals surface area contributed by atoms with Gasteiger partial charge in [-0.3, -0.25) is 9.59 Å². The number of para-hydroxylation sites is 1. The van der Waals surface area contributed by atoms with Gasteiger partial charge >= 0.3 is 0 Å². The van der Waals surface area contributed by atoms with Crippen LogP contribution in [0.3, 0.4) is 0 Å². The van der Waals surface area contributed by atoms with Crippen molar-refractivity contribution in [2.75, 3.05) is 0 Å². The monoisotopic (exact) mass is 302 g/mol. The lowest BCUT2D eigenvalue weighted by molar-refractivity contribution is 0.0846. The van der Waals surface area contributed by atoms with Gasteiger partial charge in [0, 0.05) is 27.7 Å². The second-order valence-electron chi connectivity index (χ2n) is 5.33. The van der Waals surface area contributed by atoms with Crippen molar-refractivity contribution in [1.29, 1.82) is 5.26 Å². The van der Waals surface area contributed by atoms with Crippen molar-refractivity contribution < 1.29 is 9.59 Å². The number of nitriles is 1. The normalized spacial score (nSPS) is 11.8. The Hall–Kier alpha value is -3.19. The largest absolute Gasteiger partial charge is 0.358 e. The Morgan fingerprint density at radius 3 is 2.35 bits per heavy atom. The van der Waals surface area contributed by atoms with E-state index in [-0.39, 0.29) is 0 Å². The fraction of sp³-hybridized carbons (Fsp3) is 0.105. The van der Waals surface area contributed by atoms with E-state index in [4.69, 9.17) is 0 Å². The number of nitrogens with zero attached hydrogens (tertiary/aromatic N) is 1. The van der Waals surface area contributed by atoms with Crippen LogP contribution in [-0.4, -0.2) is 16.6 Å². The smallest absolute Gasteiger partial charge is 0.190 e. The lowest BCUT2D eigenvalue weighted by Gasteiger charge is -2.08. The fourth-order valence-corrected chi connectivity index (χ4v) is 2.74. The van der Waals surface area contributed by atoms with Crippen LogP contribution in [-0.2, 0) is 0 Å². The zero-order chi connectivity index (χ0) is 16.4. The van der Waals surface area contributed by atoms with Gasteiger partial charge in [0.15, 0.2) is 17.5 Å². The van der Waals surface area contributed by atoms with Crippen LogP contribution in [0.15, 0.2) is 54.6 Å². The maximum atomic E-state index is 12.8. The molecule has 0 aliphatic heterocycles. The summed E-state index contributed by atoms with van der Waals surface area (Å²) in [5.74, 6) is -2.27. The SMILES string of the molecule is Cc1[nH]c2ccccc2c1C(=O)[C@H](C#N)C(=O)c1ccccc1. The molecule has 0 aliphatic rings. The highest BCUT2D eigenvalue weighted by atomic mass is 16.2. The number of benzene rings is 2. The number of nitrogens with one attached hydrogen (secondary N) is 1. The molecule has 1 N–H and O–H groups in total. The maximum absolute atomic E-state index is 12.8. The molecular weight excluding hydrogens is 288 g/mol. The zero-order valence-corrected chi connectivity index (χ0v) is 12.5. The fourth-order valence-electron chi connectivity index (χ4n) is 2.74. The summed E-state index contributed by atoms with van der Waals surface area (Å²) in [6.45, 7) is 1.77. The Bertz CT molecular complexity index is 933. The molecule has 23 heavy (non-hydrogen) atoms. The van der Waals surface area contributed by atoms with Crippen molar-refractivity contribution in [3.8, 4) is 6.07 Å². The number of carbonyl (C=O) groups is 2. The molecule has 0 unspecified atom stereocenters. The van der Waals surface area contributed by atoms with E-state index >= 15 is 0 Å². The van der Waals surface area contributed by atoms with Crippen LogP contribution in [0.5, 0.6) is 0 Å². The summed E-state index contributed by atoms with van der Waals surface area (Å²) in [5, 5.41) is 10.1. The summed E-state index contributed by atoms with van der Waals surface area (Å²) in [6.07, 6.45) is 0. The van der Waals surface area contributed by atoms with Crippen molar-refractivity contribution in [2.24, 2.45) is 5.92 Å². The number of ketones is 2. The minimum atomic E-state index is -1.34.